The number of hydrogen-bond donors (Lipinski definition) is 1. The Bertz CT molecular complexity index is 378. The van der Waals surface area contributed by atoms with Crippen LogP contribution in [-0.2, 0) is 6.54 Å². The lowest BCUT2D eigenvalue weighted by Crippen LogP contribution is -2.01. The molecule has 0 unspecified atom stereocenters. The van der Waals surface area contributed by atoms with Crippen molar-refractivity contribution in [3.8, 4) is 0 Å². The van der Waals surface area contributed by atoms with Crippen LogP contribution in [0.25, 0.3) is 0 Å². The summed E-state index contributed by atoms with van der Waals surface area (Å²) >= 11 is 0. The monoisotopic (exact) mass is 194 g/mol. The van der Waals surface area contributed by atoms with Crippen LogP contribution in [0.3, 0.4) is 0 Å². The molecule has 14 heavy (non-hydrogen) atoms. The second-order valence-electron chi connectivity index (χ2n) is 3.04. The van der Waals surface area contributed by atoms with Gasteiger partial charge < -0.3 is 5.11 Å². The van der Waals surface area contributed by atoms with E-state index in [-0.39, 0.29) is 5.78 Å². The third kappa shape index (κ3) is 1.69. The molecular weight excluding hydrogens is 180 g/mol. The molecule has 0 aliphatic heterocycles. The van der Waals surface area contributed by atoms with Gasteiger partial charge >= 0.3 is 0 Å². The molecule has 0 saturated carbocycles. The first kappa shape index (κ1) is 10.5. The van der Waals surface area contributed by atoms with Crippen LogP contribution in [0.4, 0.5) is 0 Å². The molecule has 1 N–H and O–H groups in total. The maximum atomic E-state index is 11.5. The smallest absolute Gasteiger partial charge is 0.192 e. The number of aliphatic hydroxyl groups is 1. The fraction of sp³-hybridized carbons (Fsp3) is 0.400. The molecular formula is C10H14N2O2. The van der Waals surface area contributed by atoms with E-state index in [1.165, 1.54) is 0 Å². The van der Waals surface area contributed by atoms with E-state index in [0.717, 1.165) is 24.6 Å². The number of aliphatic hydroxyl groups excluding tert-OH is 1. The summed E-state index contributed by atoms with van der Waals surface area (Å²) in [5.74, 6) is -0.206. The molecule has 0 aliphatic carbocycles. The van der Waals surface area contributed by atoms with Crippen molar-refractivity contribution in [3.05, 3.63) is 29.3 Å². The van der Waals surface area contributed by atoms with E-state index in [9.17, 15) is 4.79 Å². The zero-order valence-corrected chi connectivity index (χ0v) is 8.61. The molecule has 4 heteroatoms. The van der Waals surface area contributed by atoms with Crippen molar-refractivity contribution in [2.24, 2.45) is 0 Å². The van der Waals surface area contributed by atoms with E-state index in [4.69, 9.17) is 5.11 Å². The molecule has 0 atom stereocenters. The molecule has 0 aromatic carbocycles. The Labute approximate surface area is 82.9 Å². The first-order valence-corrected chi connectivity index (χ1v) is 4.50. The molecule has 4 nitrogen and oxygen atoms in total. The van der Waals surface area contributed by atoms with Gasteiger partial charge in [-0.2, -0.15) is 5.10 Å². The van der Waals surface area contributed by atoms with Crippen LogP contribution in [0.15, 0.2) is 12.3 Å². The maximum absolute atomic E-state index is 11.5. The third-order valence-corrected chi connectivity index (χ3v) is 2.15. The van der Waals surface area contributed by atoms with Gasteiger partial charge in [-0.05, 0) is 20.8 Å². The second kappa shape index (κ2) is 4.09. The predicted molar refractivity (Wildman–Crippen MR) is 53.5 cm³/mol. The van der Waals surface area contributed by atoms with Gasteiger partial charge in [-0.3, -0.25) is 9.48 Å². The maximum Gasteiger partial charge on any atom is 0.192 e. The van der Waals surface area contributed by atoms with Crippen LogP contribution in [0.5, 0.6) is 0 Å². The van der Waals surface area contributed by atoms with Crippen LogP contribution in [0, 0.1) is 13.8 Å². The van der Waals surface area contributed by atoms with Gasteiger partial charge in [0, 0.05) is 18.3 Å². The van der Waals surface area contributed by atoms with Gasteiger partial charge in [-0.25, -0.2) is 0 Å². The lowest BCUT2D eigenvalue weighted by molar-refractivity contribution is 0.104. The molecule has 0 bridgehead atoms. The highest BCUT2D eigenvalue weighted by atomic mass is 16.2. The van der Waals surface area contributed by atoms with Gasteiger partial charge in [-0.1, -0.05) is 0 Å². The number of rotatable bonds is 3. The van der Waals surface area contributed by atoms with Crippen LogP contribution in [-0.4, -0.2) is 20.7 Å². The Morgan fingerprint density at radius 2 is 2.21 bits per heavy atom. The molecule has 1 heterocycles. The molecule has 0 aliphatic rings. The lowest BCUT2D eigenvalue weighted by Gasteiger charge is -1.98. The van der Waals surface area contributed by atoms with Crippen molar-refractivity contribution < 1.29 is 9.90 Å². The SMILES string of the molecule is CCn1nc(C)c(C(=O)/C=C/O)c1C. The molecule has 0 saturated heterocycles. The fourth-order valence-corrected chi connectivity index (χ4v) is 1.51. The summed E-state index contributed by atoms with van der Waals surface area (Å²) in [5.41, 5.74) is 2.12. The van der Waals surface area contributed by atoms with E-state index in [2.05, 4.69) is 5.10 Å². The summed E-state index contributed by atoms with van der Waals surface area (Å²) in [4.78, 5) is 11.5. The summed E-state index contributed by atoms with van der Waals surface area (Å²) in [6.07, 6.45) is 1.89. The number of ketones is 1. The zero-order chi connectivity index (χ0) is 10.7. The van der Waals surface area contributed by atoms with Gasteiger partial charge in [-0.15, -0.1) is 0 Å². The quantitative estimate of drug-likeness (QED) is 0.453. The zero-order valence-electron chi connectivity index (χ0n) is 8.61. The molecule has 0 amide bonds. The first-order chi connectivity index (χ1) is 6.61. The second-order valence-corrected chi connectivity index (χ2v) is 3.04. The molecule has 0 spiro atoms. The Morgan fingerprint density at radius 1 is 1.57 bits per heavy atom. The first-order valence-electron chi connectivity index (χ1n) is 4.50. The third-order valence-electron chi connectivity index (χ3n) is 2.15. The van der Waals surface area contributed by atoms with E-state index >= 15 is 0 Å². The van der Waals surface area contributed by atoms with Crippen LogP contribution in [0.2, 0.25) is 0 Å². The largest absolute Gasteiger partial charge is 0.515 e. The molecule has 1 rings (SSSR count). The summed E-state index contributed by atoms with van der Waals surface area (Å²) in [6.45, 7) is 6.35. The van der Waals surface area contributed by atoms with Crippen LogP contribution in [0.1, 0.15) is 28.7 Å². The molecule has 0 radical (unpaired) electrons. The lowest BCUT2D eigenvalue weighted by atomic mass is 10.1. The van der Waals surface area contributed by atoms with E-state index in [0.29, 0.717) is 11.3 Å². The van der Waals surface area contributed by atoms with Gasteiger partial charge in [0.25, 0.3) is 0 Å². The molecule has 1 aromatic rings. The number of carbonyl (C=O) groups excluding carboxylic acids is 1. The average Bonchev–Trinajstić information content (AvgIpc) is 2.41. The molecule has 76 valence electrons. The molecule has 0 fully saturated rings. The number of carbonyl (C=O) groups is 1. The minimum absolute atomic E-state index is 0.206. The summed E-state index contributed by atoms with van der Waals surface area (Å²) in [7, 11) is 0. The van der Waals surface area contributed by atoms with Gasteiger partial charge in [0.1, 0.15) is 0 Å². The van der Waals surface area contributed by atoms with E-state index in [1.54, 1.807) is 11.6 Å². The van der Waals surface area contributed by atoms with E-state index < -0.39 is 0 Å². The van der Waals surface area contributed by atoms with Crippen LogP contribution >= 0.6 is 0 Å². The summed E-state index contributed by atoms with van der Waals surface area (Å²) < 4.78 is 1.77. The van der Waals surface area contributed by atoms with Crippen molar-refractivity contribution in [2.45, 2.75) is 27.3 Å². The average molecular weight is 194 g/mol. The summed E-state index contributed by atoms with van der Waals surface area (Å²) in [6, 6.07) is 0. The number of aromatic nitrogens is 2. The number of aryl methyl sites for hydroxylation is 2. The van der Waals surface area contributed by atoms with Crippen molar-refractivity contribution >= 4 is 5.78 Å². The Balaban J connectivity index is 3.20. The van der Waals surface area contributed by atoms with Gasteiger partial charge in [0.05, 0.1) is 17.5 Å². The Morgan fingerprint density at radius 3 is 2.64 bits per heavy atom. The van der Waals surface area contributed by atoms with Gasteiger partial charge in [0.15, 0.2) is 5.78 Å². The van der Waals surface area contributed by atoms with Crippen molar-refractivity contribution in [1.29, 1.82) is 0 Å². The minimum Gasteiger partial charge on any atom is -0.515 e. The van der Waals surface area contributed by atoms with Gasteiger partial charge in [0.2, 0.25) is 0 Å². The van der Waals surface area contributed by atoms with Crippen molar-refractivity contribution in [1.82, 2.24) is 9.78 Å². The molecule has 1 aromatic heterocycles. The highest BCUT2D eigenvalue weighted by Crippen LogP contribution is 2.13. The fourth-order valence-electron chi connectivity index (χ4n) is 1.51. The Kier molecular flexibility index (Phi) is 3.06. The summed E-state index contributed by atoms with van der Waals surface area (Å²) in [5, 5.41) is 12.7. The van der Waals surface area contributed by atoms with Crippen molar-refractivity contribution in [2.75, 3.05) is 0 Å². The predicted octanol–water partition coefficient (Wildman–Crippen LogP) is 1.77. The Hall–Kier alpha value is -1.58. The van der Waals surface area contributed by atoms with Crippen molar-refractivity contribution in [3.63, 3.8) is 0 Å². The van der Waals surface area contributed by atoms with Crippen LogP contribution < -0.4 is 0 Å². The number of hydrogen-bond acceptors (Lipinski definition) is 3. The normalized spacial score (nSPS) is 11.1. The highest BCUT2D eigenvalue weighted by Gasteiger charge is 2.15. The minimum atomic E-state index is -0.206. The highest BCUT2D eigenvalue weighted by molar-refractivity contribution is 6.05. The number of nitrogens with zero attached hydrogens (tertiary/aromatic N) is 2. The topological polar surface area (TPSA) is 55.1 Å². The standard InChI is InChI=1S/C10H14N2O2/c1-4-12-8(3)10(7(2)11-12)9(14)5-6-13/h5-6,13H,4H2,1-3H3/b6-5+. The van der Waals surface area contributed by atoms with E-state index in [1.807, 2.05) is 13.8 Å². The number of allylic oxidation sites excluding steroid dienone is 1.